The lowest BCUT2D eigenvalue weighted by Crippen LogP contribution is -2.28. The zero-order chi connectivity index (χ0) is 14.5. The van der Waals surface area contributed by atoms with E-state index in [1.807, 2.05) is 31.4 Å². The highest BCUT2D eigenvalue weighted by Crippen LogP contribution is 2.21. The number of nitrogens with zero attached hydrogens (tertiary/aromatic N) is 1. The van der Waals surface area contributed by atoms with Gasteiger partial charge in [0.1, 0.15) is 5.01 Å². The van der Waals surface area contributed by atoms with Crippen LogP contribution in [-0.4, -0.2) is 10.9 Å². The molecule has 1 heterocycles. The Labute approximate surface area is 135 Å². The molecular formula is C15H20ClN3OS. The van der Waals surface area contributed by atoms with Gasteiger partial charge < -0.3 is 11.1 Å². The van der Waals surface area contributed by atoms with Crippen molar-refractivity contribution in [1.82, 2.24) is 10.3 Å². The first-order valence-electron chi connectivity index (χ1n) is 6.66. The number of benzene rings is 1. The lowest BCUT2D eigenvalue weighted by molar-refractivity contribution is 0.0935. The molecule has 6 heteroatoms. The van der Waals surface area contributed by atoms with Crippen LogP contribution in [0.4, 0.5) is 0 Å². The fourth-order valence-corrected chi connectivity index (χ4v) is 2.83. The third-order valence-electron chi connectivity index (χ3n) is 3.10. The minimum atomic E-state index is -0.0757. The van der Waals surface area contributed by atoms with Crippen LogP contribution in [0.3, 0.4) is 0 Å². The van der Waals surface area contributed by atoms with E-state index in [0.29, 0.717) is 12.1 Å². The molecule has 1 aromatic carbocycles. The Morgan fingerprint density at radius 3 is 2.52 bits per heavy atom. The lowest BCUT2D eigenvalue weighted by Gasteiger charge is -2.14. The van der Waals surface area contributed by atoms with Crippen molar-refractivity contribution in [2.75, 3.05) is 0 Å². The second-order valence-corrected chi connectivity index (χ2v) is 5.55. The van der Waals surface area contributed by atoms with Crippen molar-refractivity contribution in [3.8, 4) is 0 Å². The molecule has 21 heavy (non-hydrogen) atoms. The van der Waals surface area contributed by atoms with Gasteiger partial charge in [0.05, 0.1) is 6.04 Å². The highest BCUT2D eigenvalue weighted by atomic mass is 35.5. The summed E-state index contributed by atoms with van der Waals surface area (Å²) in [6.45, 7) is 4.48. The number of halogens is 1. The van der Waals surface area contributed by atoms with Crippen molar-refractivity contribution >= 4 is 29.7 Å². The Kier molecular flexibility index (Phi) is 6.81. The highest BCUT2D eigenvalue weighted by Gasteiger charge is 2.16. The first-order chi connectivity index (χ1) is 9.63. The molecule has 1 unspecified atom stereocenters. The van der Waals surface area contributed by atoms with Gasteiger partial charge in [-0.1, -0.05) is 19.1 Å². The molecule has 0 fully saturated rings. The summed E-state index contributed by atoms with van der Waals surface area (Å²) < 4.78 is 0. The number of aryl methyl sites for hydroxylation is 1. The van der Waals surface area contributed by atoms with Crippen LogP contribution < -0.4 is 11.1 Å². The van der Waals surface area contributed by atoms with Gasteiger partial charge in [-0.3, -0.25) is 4.79 Å². The van der Waals surface area contributed by atoms with E-state index in [0.717, 1.165) is 22.7 Å². The Morgan fingerprint density at radius 1 is 1.38 bits per heavy atom. The molecule has 0 saturated carbocycles. The fraction of sp³-hybridized carbons (Fsp3) is 0.333. The van der Waals surface area contributed by atoms with Crippen molar-refractivity contribution in [1.29, 1.82) is 0 Å². The zero-order valence-electron chi connectivity index (χ0n) is 12.1. The Morgan fingerprint density at radius 2 is 2.05 bits per heavy atom. The van der Waals surface area contributed by atoms with E-state index in [9.17, 15) is 4.79 Å². The molecule has 0 bridgehead atoms. The topological polar surface area (TPSA) is 68.0 Å². The van der Waals surface area contributed by atoms with Crippen molar-refractivity contribution < 1.29 is 4.79 Å². The van der Waals surface area contributed by atoms with Crippen LogP contribution in [0, 0.1) is 6.92 Å². The van der Waals surface area contributed by atoms with Gasteiger partial charge in [-0.25, -0.2) is 4.98 Å². The molecule has 1 aromatic heterocycles. The summed E-state index contributed by atoms with van der Waals surface area (Å²) in [7, 11) is 0. The van der Waals surface area contributed by atoms with Gasteiger partial charge in [0, 0.05) is 23.2 Å². The first kappa shape index (κ1) is 17.6. The van der Waals surface area contributed by atoms with Crippen molar-refractivity contribution in [2.24, 2.45) is 5.73 Å². The first-order valence-corrected chi connectivity index (χ1v) is 7.54. The van der Waals surface area contributed by atoms with Gasteiger partial charge in [-0.2, -0.15) is 0 Å². The quantitative estimate of drug-likeness (QED) is 0.887. The molecule has 4 nitrogen and oxygen atoms in total. The van der Waals surface area contributed by atoms with Crippen molar-refractivity contribution in [2.45, 2.75) is 32.9 Å². The van der Waals surface area contributed by atoms with Gasteiger partial charge in [0.15, 0.2) is 0 Å². The van der Waals surface area contributed by atoms with E-state index in [4.69, 9.17) is 5.73 Å². The predicted octanol–water partition coefficient (Wildman–Crippen LogP) is 3.21. The Hall–Kier alpha value is -1.43. The summed E-state index contributed by atoms with van der Waals surface area (Å²) in [6, 6.07) is 7.33. The molecule has 1 atom stereocenters. The molecule has 2 rings (SSSR count). The van der Waals surface area contributed by atoms with E-state index in [-0.39, 0.29) is 24.4 Å². The molecule has 0 aliphatic carbocycles. The second kappa shape index (κ2) is 8.12. The zero-order valence-corrected chi connectivity index (χ0v) is 13.8. The molecule has 0 saturated heterocycles. The number of aromatic nitrogens is 1. The summed E-state index contributed by atoms with van der Waals surface area (Å²) in [5.74, 6) is -0.0757. The van der Waals surface area contributed by atoms with Gasteiger partial charge in [-0.05, 0) is 31.0 Å². The number of nitrogens with two attached hydrogens (primary N) is 1. The molecule has 1 amide bonds. The van der Waals surface area contributed by atoms with Crippen LogP contribution in [0.15, 0.2) is 29.6 Å². The van der Waals surface area contributed by atoms with E-state index < -0.39 is 0 Å². The average Bonchev–Trinajstić information content (AvgIpc) is 2.91. The van der Waals surface area contributed by atoms with E-state index in [1.54, 1.807) is 23.5 Å². The third-order valence-corrected chi connectivity index (χ3v) is 4.18. The van der Waals surface area contributed by atoms with Crippen LogP contribution in [0.1, 0.15) is 46.0 Å². The monoisotopic (exact) mass is 325 g/mol. The molecule has 0 aliphatic heterocycles. The number of carbonyl (C=O) groups is 1. The normalized spacial score (nSPS) is 11.6. The summed E-state index contributed by atoms with van der Waals surface area (Å²) in [6.07, 6.45) is 0.819. The van der Waals surface area contributed by atoms with Crippen LogP contribution in [0.2, 0.25) is 0 Å². The van der Waals surface area contributed by atoms with Crippen LogP contribution in [0.5, 0.6) is 0 Å². The summed E-state index contributed by atoms with van der Waals surface area (Å²) in [4.78, 5) is 16.7. The van der Waals surface area contributed by atoms with Gasteiger partial charge in [0.2, 0.25) is 0 Å². The molecule has 0 aliphatic rings. The minimum absolute atomic E-state index is 0. The predicted molar refractivity (Wildman–Crippen MR) is 88.9 cm³/mol. The lowest BCUT2D eigenvalue weighted by atomic mass is 10.1. The number of rotatable bonds is 5. The third kappa shape index (κ3) is 4.52. The number of thiazole rings is 1. The smallest absolute Gasteiger partial charge is 0.251 e. The highest BCUT2D eigenvalue weighted by molar-refractivity contribution is 7.09. The van der Waals surface area contributed by atoms with Gasteiger partial charge in [0.25, 0.3) is 5.91 Å². The fourth-order valence-electron chi connectivity index (χ4n) is 1.90. The number of carbonyl (C=O) groups excluding carboxylic acids is 1. The van der Waals surface area contributed by atoms with Gasteiger partial charge >= 0.3 is 0 Å². The number of nitrogens with one attached hydrogen (secondary N) is 1. The summed E-state index contributed by atoms with van der Waals surface area (Å²) in [5, 5.41) is 5.98. The molecule has 0 spiro atoms. The van der Waals surface area contributed by atoms with E-state index in [2.05, 4.69) is 10.3 Å². The molecule has 2 aromatic rings. The Bertz CT molecular complexity index is 583. The molecule has 114 valence electrons. The maximum atomic E-state index is 12.2. The standard InChI is InChI=1S/C15H19N3OS.ClH/c1-3-13(15-17-10(2)9-20-15)18-14(19)12-6-4-11(8-16)5-7-12;/h4-7,9,13H,3,8,16H2,1-2H3,(H,18,19);1H. The second-order valence-electron chi connectivity index (χ2n) is 4.66. The van der Waals surface area contributed by atoms with Crippen molar-refractivity contribution in [3.63, 3.8) is 0 Å². The number of hydrogen-bond donors (Lipinski definition) is 2. The summed E-state index contributed by atoms with van der Waals surface area (Å²) >= 11 is 1.58. The summed E-state index contributed by atoms with van der Waals surface area (Å²) in [5.41, 5.74) is 8.20. The maximum absolute atomic E-state index is 12.2. The van der Waals surface area contributed by atoms with Crippen molar-refractivity contribution in [3.05, 3.63) is 51.5 Å². The average molecular weight is 326 g/mol. The van der Waals surface area contributed by atoms with Crippen LogP contribution in [-0.2, 0) is 6.54 Å². The van der Waals surface area contributed by atoms with Crippen LogP contribution in [0.25, 0.3) is 0 Å². The van der Waals surface area contributed by atoms with E-state index in [1.165, 1.54) is 0 Å². The largest absolute Gasteiger partial charge is 0.343 e. The minimum Gasteiger partial charge on any atom is -0.343 e. The molecular weight excluding hydrogens is 306 g/mol. The Balaban J connectivity index is 0.00000220. The van der Waals surface area contributed by atoms with Gasteiger partial charge in [-0.15, -0.1) is 23.7 Å². The maximum Gasteiger partial charge on any atom is 0.251 e. The number of hydrogen-bond acceptors (Lipinski definition) is 4. The van der Waals surface area contributed by atoms with Crippen LogP contribution >= 0.6 is 23.7 Å². The van der Waals surface area contributed by atoms with E-state index >= 15 is 0 Å². The SMILES string of the molecule is CCC(NC(=O)c1ccc(CN)cc1)c1nc(C)cs1.Cl. The number of amides is 1. The molecule has 0 radical (unpaired) electrons. The molecule has 3 N–H and O–H groups in total.